The summed E-state index contributed by atoms with van der Waals surface area (Å²) in [5.74, 6) is 0. The third kappa shape index (κ3) is 1.99. The second-order valence-corrected chi connectivity index (χ2v) is 7.15. The first-order chi connectivity index (χ1) is 6.38. The van der Waals surface area contributed by atoms with Gasteiger partial charge in [0.05, 0.1) is 0 Å². The van der Waals surface area contributed by atoms with Gasteiger partial charge in [-0.3, -0.25) is 0 Å². The molecule has 1 unspecified atom stereocenters. The maximum atomic E-state index is 11.9. The summed E-state index contributed by atoms with van der Waals surface area (Å²) in [6, 6.07) is 9.61. The van der Waals surface area contributed by atoms with E-state index >= 15 is 0 Å². The minimum atomic E-state index is -0.868. The molecule has 1 heterocycles. The van der Waals surface area contributed by atoms with Crippen molar-refractivity contribution in [1.29, 1.82) is 0 Å². The molecule has 0 saturated carbocycles. The molecule has 0 radical (unpaired) electrons. The molecule has 1 aromatic rings. The first-order valence-electron chi connectivity index (χ1n) is 3.98. The van der Waals surface area contributed by atoms with Crippen molar-refractivity contribution < 1.29 is 4.55 Å². The molecule has 0 amide bonds. The average Bonchev–Trinajstić information content (AvgIpc) is 2.71. The lowest BCUT2D eigenvalue weighted by Crippen LogP contribution is -1.97. The third-order valence-corrected chi connectivity index (χ3v) is 6.22. The second-order valence-electron chi connectivity index (χ2n) is 2.61. The van der Waals surface area contributed by atoms with E-state index in [1.54, 1.807) is 0 Å². The highest BCUT2D eigenvalue weighted by atomic mass is 33.2. The van der Waals surface area contributed by atoms with Crippen molar-refractivity contribution in [1.82, 2.24) is 0 Å². The molecule has 0 spiro atoms. The summed E-state index contributed by atoms with van der Waals surface area (Å²) in [7, 11) is -1.44. The SMILES string of the molecule is [O-][S+](c1ccccc1)[SH]1C=CC=C1. The topological polar surface area (TPSA) is 23.1 Å². The predicted molar refractivity (Wildman–Crippen MR) is 60.1 cm³/mol. The van der Waals surface area contributed by atoms with Crippen LogP contribution in [0.4, 0.5) is 0 Å². The van der Waals surface area contributed by atoms with E-state index in [9.17, 15) is 4.55 Å². The Kier molecular flexibility index (Phi) is 2.78. The lowest BCUT2D eigenvalue weighted by molar-refractivity contribution is 0.609. The Labute approximate surface area is 83.1 Å². The molecule has 0 aliphatic carbocycles. The molecule has 0 fully saturated rings. The van der Waals surface area contributed by atoms with E-state index in [2.05, 4.69) is 0 Å². The van der Waals surface area contributed by atoms with Gasteiger partial charge in [0.2, 0.25) is 0 Å². The van der Waals surface area contributed by atoms with E-state index in [0.717, 1.165) is 4.90 Å². The second kappa shape index (κ2) is 4.05. The zero-order valence-electron chi connectivity index (χ0n) is 6.96. The summed E-state index contributed by atoms with van der Waals surface area (Å²) >= 11 is 0. The number of allylic oxidation sites excluding steroid dienone is 2. The summed E-state index contributed by atoms with van der Waals surface area (Å²) in [6.45, 7) is 0. The molecule has 1 aliphatic rings. The number of hydrogen-bond donors (Lipinski definition) is 1. The smallest absolute Gasteiger partial charge is 0.164 e. The molecule has 13 heavy (non-hydrogen) atoms. The number of benzene rings is 1. The summed E-state index contributed by atoms with van der Waals surface area (Å²) < 4.78 is 11.9. The fraction of sp³-hybridized carbons (Fsp3) is 0. The van der Waals surface area contributed by atoms with Gasteiger partial charge in [-0.05, 0) is 32.9 Å². The van der Waals surface area contributed by atoms with Crippen molar-refractivity contribution in [2.75, 3.05) is 0 Å². The minimum Gasteiger partial charge on any atom is -0.601 e. The molecule has 1 aliphatic heterocycles. The van der Waals surface area contributed by atoms with Gasteiger partial charge in [0.25, 0.3) is 0 Å². The van der Waals surface area contributed by atoms with Gasteiger partial charge in [-0.2, -0.15) is 0 Å². The molecule has 3 heteroatoms. The Morgan fingerprint density at radius 1 is 1.00 bits per heavy atom. The molecule has 0 aromatic heterocycles. The third-order valence-electron chi connectivity index (χ3n) is 1.71. The van der Waals surface area contributed by atoms with Crippen LogP contribution < -0.4 is 0 Å². The van der Waals surface area contributed by atoms with Gasteiger partial charge in [-0.15, -0.1) is 0 Å². The van der Waals surface area contributed by atoms with Crippen LogP contribution in [0.1, 0.15) is 0 Å². The maximum absolute atomic E-state index is 11.9. The van der Waals surface area contributed by atoms with Crippen LogP contribution in [-0.4, -0.2) is 4.55 Å². The normalized spacial score (nSPS) is 19.3. The Bertz CT molecular complexity index is 320. The lowest BCUT2D eigenvalue weighted by atomic mass is 10.4. The van der Waals surface area contributed by atoms with Gasteiger partial charge >= 0.3 is 0 Å². The summed E-state index contributed by atoms with van der Waals surface area (Å²) in [5.41, 5.74) is 0. The van der Waals surface area contributed by atoms with Gasteiger partial charge in [-0.25, -0.2) is 0 Å². The van der Waals surface area contributed by atoms with Crippen LogP contribution in [0.15, 0.2) is 58.2 Å². The van der Waals surface area contributed by atoms with Gasteiger partial charge in [0, 0.05) is 10.2 Å². The first-order valence-corrected chi connectivity index (χ1v) is 7.22. The van der Waals surface area contributed by atoms with Crippen LogP contribution in [0.2, 0.25) is 0 Å². The van der Waals surface area contributed by atoms with Crippen LogP contribution in [0, 0.1) is 0 Å². The Balaban J connectivity index is 2.18. The number of thiol groups is 1. The van der Waals surface area contributed by atoms with Crippen LogP contribution in [0.5, 0.6) is 0 Å². The molecule has 68 valence electrons. The predicted octanol–water partition coefficient (Wildman–Crippen LogP) is 2.75. The van der Waals surface area contributed by atoms with Crippen molar-refractivity contribution in [2.24, 2.45) is 0 Å². The van der Waals surface area contributed by atoms with Crippen molar-refractivity contribution in [2.45, 2.75) is 4.90 Å². The lowest BCUT2D eigenvalue weighted by Gasteiger charge is -2.16. The highest BCUT2D eigenvalue weighted by Crippen LogP contribution is 2.43. The van der Waals surface area contributed by atoms with Crippen LogP contribution in [-0.2, 0) is 10.2 Å². The highest BCUT2D eigenvalue weighted by Gasteiger charge is 2.16. The van der Waals surface area contributed by atoms with Crippen LogP contribution in [0.25, 0.3) is 0 Å². The molecule has 1 nitrogen and oxygen atoms in total. The van der Waals surface area contributed by atoms with E-state index in [0.29, 0.717) is 0 Å². The minimum absolute atomic E-state index is 0.572. The molecule has 0 bridgehead atoms. The van der Waals surface area contributed by atoms with E-state index in [1.165, 1.54) is 0 Å². The zero-order valence-corrected chi connectivity index (χ0v) is 8.67. The molecule has 2 rings (SSSR count). The number of rotatable bonds is 2. The fourth-order valence-electron chi connectivity index (χ4n) is 1.09. The molecule has 0 N–H and O–H groups in total. The van der Waals surface area contributed by atoms with Crippen LogP contribution >= 0.6 is 9.93 Å². The maximum Gasteiger partial charge on any atom is 0.164 e. The van der Waals surface area contributed by atoms with Gasteiger partial charge in [-0.1, -0.05) is 30.4 Å². The molecule has 1 aromatic carbocycles. The monoisotopic (exact) mass is 210 g/mol. The Hall–Kier alpha value is -0.640. The van der Waals surface area contributed by atoms with Crippen LogP contribution in [0.3, 0.4) is 0 Å². The van der Waals surface area contributed by atoms with E-state index in [1.807, 2.05) is 53.3 Å². The Morgan fingerprint density at radius 2 is 1.62 bits per heavy atom. The molecule has 1 atom stereocenters. The van der Waals surface area contributed by atoms with Gasteiger partial charge in [0.15, 0.2) is 4.90 Å². The molecular weight excluding hydrogens is 200 g/mol. The highest BCUT2D eigenvalue weighted by molar-refractivity contribution is 8.83. The number of hydrogen-bond acceptors (Lipinski definition) is 1. The standard InChI is InChI=1S/C10H10OS2/c11-13(12-8-4-5-9-12)10-6-2-1-3-7-10/h1-9,12H. The average molecular weight is 210 g/mol. The zero-order chi connectivity index (χ0) is 9.10. The first kappa shape index (κ1) is 8.94. The fourth-order valence-corrected chi connectivity index (χ4v) is 4.76. The quantitative estimate of drug-likeness (QED) is 0.453. The van der Waals surface area contributed by atoms with Crippen molar-refractivity contribution >= 4 is 20.1 Å². The van der Waals surface area contributed by atoms with E-state index in [-0.39, 0.29) is 0 Å². The van der Waals surface area contributed by atoms with Crippen molar-refractivity contribution in [3.05, 3.63) is 53.3 Å². The summed E-state index contributed by atoms with van der Waals surface area (Å²) in [4.78, 5) is 0.921. The summed E-state index contributed by atoms with van der Waals surface area (Å²) in [6.07, 6.45) is 3.93. The van der Waals surface area contributed by atoms with E-state index < -0.39 is 20.1 Å². The molecule has 0 saturated heterocycles. The van der Waals surface area contributed by atoms with Crippen molar-refractivity contribution in [3.63, 3.8) is 0 Å². The molecular formula is C10H10OS2. The Morgan fingerprint density at radius 3 is 2.23 bits per heavy atom. The summed E-state index contributed by atoms with van der Waals surface area (Å²) in [5, 5.41) is 4.05. The van der Waals surface area contributed by atoms with Gasteiger partial charge in [0.1, 0.15) is 0 Å². The van der Waals surface area contributed by atoms with Crippen molar-refractivity contribution in [3.8, 4) is 0 Å². The van der Waals surface area contributed by atoms with Gasteiger partial charge < -0.3 is 4.55 Å². The van der Waals surface area contributed by atoms with E-state index in [4.69, 9.17) is 0 Å². The largest absolute Gasteiger partial charge is 0.601 e.